The van der Waals surface area contributed by atoms with Crippen LogP contribution in [0.4, 0.5) is 25.5 Å². The van der Waals surface area contributed by atoms with E-state index in [1.807, 2.05) is 50.5 Å². The van der Waals surface area contributed by atoms with E-state index in [1.54, 1.807) is 11.0 Å². The molecule has 0 aliphatic carbocycles. The van der Waals surface area contributed by atoms with Gasteiger partial charge in [0.25, 0.3) is 0 Å². The lowest BCUT2D eigenvalue weighted by Gasteiger charge is -2.56. The second-order valence-corrected chi connectivity index (χ2v) is 12.8. The molecule has 1 aromatic heterocycles. The summed E-state index contributed by atoms with van der Waals surface area (Å²) in [4.78, 5) is 34.4. The lowest BCUT2D eigenvalue weighted by atomic mass is 9.87. The van der Waals surface area contributed by atoms with Crippen molar-refractivity contribution in [3.63, 3.8) is 0 Å². The fraction of sp³-hybridized carbons (Fsp3) is 0.586. The highest BCUT2D eigenvalue weighted by Crippen LogP contribution is 2.41. The van der Waals surface area contributed by atoms with Gasteiger partial charge in [-0.2, -0.15) is 0 Å². The molecule has 0 spiro atoms. The van der Waals surface area contributed by atoms with E-state index >= 15 is 0 Å². The molecule has 41 heavy (non-hydrogen) atoms. The highest BCUT2D eigenvalue weighted by atomic mass is 19.1. The summed E-state index contributed by atoms with van der Waals surface area (Å²) in [5, 5.41) is 22.3. The van der Waals surface area contributed by atoms with E-state index < -0.39 is 28.2 Å². The Bertz CT molecular complexity index is 1350. The number of phenols is 1. The summed E-state index contributed by atoms with van der Waals surface area (Å²) in [5.74, 6) is -0.560. The number of nitrogens with one attached hydrogen (secondary N) is 1. The highest BCUT2D eigenvalue weighted by Gasteiger charge is 2.48. The number of halogens is 1. The third kappa shape index (κ3) is 5.31. The second kappa shape index (κ2) is 10.2. The predicted octanol–water partition coefficient (Wildman–Crippen LogP) is 4.14. The molecule has 0 bridgehead atoms. The number of nitrogens with zero attached hydrogens (tertiary/aromatic N) is 6. The SMILES string of the molecule is CC[C@@]12CNc3nnc(-c4cccc(F)c4O)cc3N1CCN(C(=O)N1CCN(C(=O)OC(C)(C)C)CC1(C)C)C2. The van der Waals surface area contributed by atoms with Gasteiger partial charge in [-0.3, -0.25) is 0 Å². The number of rotatable bonds is 2. The van der Waals surface area contributed by atoms with Crippen molar-refractivity contribution in [1.82, 2.24) is 24.9 Å². The fourth-order valence-corrected chi connectivity index (χ4v) is 6.07. The molecule has 3 amide bonds. The van der Waals surface area contributed by atoms with Crippen LogP contribution in [0.3, 0.4) is 0 Å². The van der Waals surface area contributed by atoms with Gasteiger partial charge in [0, 0.05) is 51.4 Å². The Balaban J connectivity index is 1.34. The number of amides is 3. The molecule has 11 nitrogen and oxygen atoms in total. The number of carbonyl (C=O) groups excluding carboxylic acids is 2. The van der Waals surface area contributed by atoms with Crippen LogP contribution in [0.25, 0.3) is 11.3 Å². The Morgan fingerprint density at radius 3 is 2.51 bits per heavy atom. The van der Waals surface area contributed by atoms with Crippen LogP contribution in [0, 0.1) is 5.82 Å². The minimum Gasteiger partial charge on any atom is -0.504 e. The third-order valence-corrected chi connectivity index (χ3v) is 8.28. The molecule has 222 valence electrons. The van der Waals surface area contributed by atoms with Gasteiger partial charge in [-0.05, 0) is 59.2 Å². The molecular formula is C29H40FN7O4. The standard InChI is InChI=1S/C29H40FN7O4/c1-7-29-16-31-24-22(15-21(32-33-24)19-9-8-10-20(30)23(19)38)36(29)13-11-34(18-29)25(39)37-14-12-35(17-28(37,5)6)26(40)41-27(2,3)4/h8-10,15,38H,7,11-14,16-18H2,1-6H3,(H,31,33)/t29-/m0/s1. The number of ether oxygens (including phenoxy) is 1. The summed E-state index contributed by atoms with van der Waals surface area (Å²) in [6, 6.07) is 6.11. The fourth-order valence-electron chi connectivity index (χ4n) is 6.07. The third-order valence-electron chi connectivity index (χ3n) is 8.28. The molecule has 4 heterocycles. The van der Waals surface area contributed by atoms with Gasteiger partial charge in [0.1, 0.15) is 5.60 Å². The summed E-state index contributed by atoms with van der Waals surface area (Å²) < 4.78 is 19.6. The van der Waals surface area contributed by atoms with E-state index in [-0.39, 0.29) is 17.7 Å². The summed E-state index contributed by atoms with van der Waals surface area (Å²) in [6.45, 7) is 15.0. The minimum absolute atomic E-state index is 0.0460. The average Bonchev–Trinajstić information content (AvgIpc) is 2.92. The quantitative estimate of drug-likeness (QED) is 0.555. The number of aromatic nitrogens is 2. The number of fused-ring (bicyclic) bond motifs is 3. The molecule has 3 aliphatic heterocycles. The maximum atomic E-state index is 14.1. The van der Waals surface area contributed by atoms with Gasteiger partial charge in [-0.15, -0.1) is 10.2 Å². The zero-order chi connectivity index (χ0) is 29.7. The first-order chi connectivity index (χ1) is 19.2. The van der Waals surface area contributed by atoms with Crippen molar-refractivity contribution in [1.29, 1.82) is 0 Å². The van der Waals surface area contributed by atoms with Gasteiger partial charge in [0.05, 0.1) is 22.5 Å². The number of aromatic hydroxyl groups is 1. The van der Waals surface area contributed by atoms with Gasteiger partial charge < -0.3 is 34.8 Å². The van der Waals surface area contributed by atoms with Crippen molar-refractivity contribution >= 4 is 23.6 Å². The molecule has 0 unspecified atom stereocenters. The molecule has 1 atom stereocenters. The highest BCUT2D eigenvalue weighted by molar-refractivity contribution is 5.80. The maximum Gasteiger partial charge on any atom is 0.410 e. The van der Waals surface area contributed by atoms with E-state index in [9.17, 15) is 19.1 Å². The van der Waals surface area contributed by atoms with Crippen molar-refractivity contribution in [3.8, 4) is 17.0 Å². The number of phenolic OH excluding ortho intramolecular Hbond substituents is 1. The number of carbonyl (C=O) groups is 2. The normalized spacial score (nSPS) is 22.0. The van der Waals surface area contributed by atoms with Gasteiger partial charge >= 0.3 is 12.1 Å². The van der Waals surface area contributed by atoms with Crippen LogP contribution in [0.1, 0.15) is 48.0 Å². The van der Waals surface area contributed by atoms with Gasteiger partial charge in [0.15, 0.2) is 17.4 Å². The number of anilines is 2. The second-order valence-electron chi connectivity index (χ2n) is 12.8. The number of piperazine rings is 2. The lowest BCUT2D eigenvalue weighted by Crippen LogP contribution is -2.71. The summed E-state index contributed by atoms with van der Waals surface area (Å²) in [5.41, 5.74) is -0.0955. The zero-order valence-electron chi connectivity index (χ0n) is 24.7. The first-order valence-electron chi connectivity index (χ1n) is 14.2. The van der Waals surface area contributed by atoms with E-state index in [0.29, 0.717) is 57.3 Å². The molecule has 0 saturated carbocycles. The first-order valence-corrected chi connectivity index (χ1v) is 14.2. The van der Waals surface area contributed by atoms with Crippen molar-refractivity contribution in [2.24, 2.45) is 0 Å². The molecular weight excluding hydrogens is 529 g/mol. The van der Waals surface area contributed by atoms with Gasteiger partial charge in [0.2, 0.25) is 0 Å². The lowest BCUT2D eigenvalue weighted by molar-refractivity contribution is -0.00956. The number of hydrogen-bond donors (Lipinski definition) is 2. The van der Waals surface area contributed by atoms with Gasteiger partial charge in [-0.1, -0.05) is 13.0 Å². The topological polar surface area (TPSA) is 114 Å². The smallest absolute Gasteiger partial charge is 0.410 e. The number of urea groups is 1. The van der Waals surface area contributed by atoms with Crippen molar-refractivity contribution in [2.45, 2.75) is 64.6 Å². The Kier molecular flexibility index (Phi) is 7.15. The zero-order valence-corrected chi connectivity index (χ0v) is 24.7. The molecule has 2 N–H and O–H groups in total. The minimum atomic E-state index is -0.718. The first kappa shape index (κ1) is 28.7. The Labute approximate surface area is 240 Å². The summed E-state index contributed by atoms with van der Waals surface area (Å²) in [7, 11) is 0. The molecule has 3 aliphatic rings. The maximum absolute atomic E-state index is 14.1. The van der Waals surface area contributed by atoms with Crippen LogP contribution in [0.5, 0.6) is 5.75 Å². The number of para-hydroxylation sites is 1. The Morgan fingerprint density at radius 2 is 1.83 bits per heavy atom. The van der Waals surface area contributed by atoms with Crippen molar-refractivity contribution in [3.05, 3.63) is 30.1 Å². The van der Waals surface area contributed by atoms with Crippen LogP contribution in [0.15, 0.2) is 24.3 Å². The van der Waals surface area contributed by atoms with Gasteiger partial charge in [-0.25, -0.2) is 14.0 Å². The van der Waals surface area contributed by atoms with Crippen molar-refractivity contribution in [2.75, 3.05) is 56.0 Å². The molecule has 5 rings (SSSR count). The van der Waals surface area contributed by atoms with Crippen LogP contribution in [0.2, 0.25) is 0 Å². The van der Waals surface area contributed by atoms with Crippen LogP contribution in [-0.2, 0) is 4.74 Å². The van der Waals surface area contributed by atoms with Crippen molar-refractivity contribution < 1.29 is 23.8 Å². The molecule has 12 heteroatoms. The van der Waals surface area contributed by atoms with Crippen LogP contribution < -0.4 is 10.2 Å². The number of benzene rings is 1. The molecule has 2 aromatic rings. The molecule has 2 fully saturated rings. The Hall–Kier alpha value is -3.83. The van der Waals surface area contributed by atoms with E-state index in [4.69, 9.17) is 4.74 Å². The predicted molar refractivity (Wildman–Crippen MR) is 154 cm³/mol. The number of hydrogen-bond acceptors (Lipinski definition) is 8. The largest absolute Gasteiger partial charge is 0.504 e. The molecule has 2 saturated heterocycles. The average molecular weight is 570 g/mol. The van der Waals surface area contributed by atoms with Crippen LogP contribution >= 0.6 is 0 Å². The molecule has 0 radical (unpaired) electrons. The Morgan fingerprint density at radius 1 is 1.10 bits per heavy atom. The summed E-state index contributed by atoms with van der Waals surface area (Å²) in [6.07, 6.45) is 0.402. The van der Waals surface area contributed by atoms with Crippen LogP contribution in [-0.4, -0.2) is 105 Å². The van der Waals surface area contributed by atoms with E-state index in [1.165, 1.54) is 12.1 Å². The monoisotopic (exact) mass is 569 g/mol. The van der Waals surface area contributed by atoms with E-state index in [2.05, 4.69) is 27.3 Å². The molecule has 1 aromatic carbocycles. The summed E-state index contributed by atoms with van der Waals surface area (Å²) >= 11 is 0. The van der Waals surface area contributed by atoms with E-state index in [0.717, 1.165) is 12.1 Å².